The van der Waals surface area contributed by atoms with Crippen molar-refractivity contribution in [2.24, 2.45) is 35.0 Å². The lowest BCUT2D eigenvalue weighted by atomic mass is 9.68. The third-order valence-electron chi connectivity index (χ3n) is 6.82. The molecular weight excluding hydrogens is 280 g/mol. The second kappa shape index (κ2) is 4.97. The van der Waals surface area contributed by atoms with Crippen LogP contribution in [-0.2, 0) is 14.3 Å². The number of ether oxygens (including phenoxy) is 1. The Hall–Kier alpha value is -1.06. The summed E-state index contributed by atoms with van der Waals surface area (Å²) in [6, 6.07) is 0. The van der Waals surface area contributed by atoms with Gasteiger partial charge in [0.2, 0.25) is 0 Å². The van der Waals surface area contributed by atoms with E-state index in [9.17, 15) is 14.7 Å². The van der Waals surface area contributed by atoms with Crippen molar-refractivity contribution in [1.82, 2.24) is 0 Å². The maximum absolute atomic E-state index is 12.5. The minimum atomic E-state index is -1.47. The number of carboxylic acids is 1. The Balaban J connectivity index is 1.86. The topological polar surface area (TPSA) is 63.6 Å². The van der Waals surface area contributed by atoms with Gasteiger partial charge >= 0.3 is 11.9 Å². The summed E-state index contributed by atoms with van der Waals surface area (Å²) in [5.74, 6) is 1.15. The van der Waals surface area contributed by atoms with Gasteiger partial charge in [0, 0.05) is 5.92 Å². The molecule has 0 aromatic carbocycles. The van der Waals surface area contributed by atoms with Crippen LogP contribution in [0.25, 0.3) is 0 Å². The van der Waals surface area contributed by atoms with Crippen molar-refractivity contribution in [2.75, 3.05) is 0 Å². The van der Waals surface area contributed by atoms with E-state index >= 15 is 0 Å². The van der Waals surface area contributed by atoms with Crippen molar-refractivity contribution in [3.63, 3.8) is 0 Å². The maximum Gasteiger partial charge on any atom is 0.323 e. The molecule has 0 aromatic rings. The Morgan fingerprint density at radius 2 is 1.86 bits per heavy atom. The van der Waals surface area contributed by atoms with Crippen molar-refractivity contribution in [2.45, 2.75) is 65.4 Å². The van der Waals surface area contributed by atoms with Crippen LogP contribution in [0.1, 0.15) is 59.8 Å². The molecule has 0 spiro atoms. The normalized spacial score (nSPS) is 40.0. The molecule has 3 saturated carbocycles. The highest BCUT2D eigenvalue weighted by atomic mass is 16.6. The molecule has 4 nitrogen and oxygen atoms in total. The van der Waals surface area contributed by atoms with E-state index in [-0.39, 0.29) is 5.92 Å². The summed E-state index contributed by atoms with van der Waals surface area (Å²) in [5, 5.41) is 9.29. The van der Waals surface area contributed by atoms with Gasteiger partial charge in [-0.15, -0.1) is 0 Å². The lowest BCUT2D eigenvalue weighted by Crippen LogP contribution is -2.52. The SMILES string of the molecule is CC(C)C1(OC(=O)C(C)(C)C(=O)O)CC2CC1C1CCCC21. The summed E-state index contributed by atoms with van der Waals surface area (Å²) in [5.41, 5.74) is -1.92. The number of aliphatic carboxylic acids is 1. The van der Waals surface area contributed by atoms with E-state index in [1.807, 2.05) is 0 Å². The molecule has 4 heteroatoms. The Morgan fingerprint density at radius 3 is 2.45 bits per heavy atom. The molecule has 1 N–H and O–H groups in total. The molecule has 2 bridgehead atoms. The number of carbonyl (C=O) groups is 2. The van der Waals surface area contributed by atoms with Crippen molar-refractivity contribution in [1.29, 1.82) is 0 Å². The second-order valence-corrected chi connectivity index (χ2v) is 8.49. The van der Waals surface area contributed by atoms with Crippen LogP contribution in [0.2, 0.25) is 0 Å². The number of fused-ring (bicyclic) bond motifs is 5. The standard InChI is InChI=1S/C18H28O4/c1-10(2)18(22-16(21)17(3,4)15(19)20)9-11-8-14(18)13-7-5-6-12(11)13/h10-14H,5-9H2,1-4H3,(H,19,20). The van der Waals surface area contributed by atoms with Crippen LogP contribution in [0.4, 0.5) is 0 Å². The molecule has 5 unspecified atom stereocenters. The highest BCUT2D eigenvalue weighted by Crippen LogP contribution is 2.65. The Labute approximate surface area is 132 Å². The van der Waals surface area contributed by atoms with Crippen LogP contribution in [-0.4, -0.2) is 22.6 Å². The average Bonchev–Trinajstić information content (AvgIpc) is 3.08. The Bertz CT molecular complexity index is 495. The largest absolute Gasteiger partial charge is 0.480 e. The van der Waals surface area contributed by atoms with Crippen molar-refractivity contribution < 1.29 is 19.4 Å². The molecule has 0 amide bonds. The number of carboxylic acid groups (broad SMARTS) is 1. The van der Waals surface area contributed by atoms with Gasteiger partial charge in [-0.2, -0.15) is 0 Å². The molecule has 5 atom stereocenters. The highest BCUT2D eigenvalue weighted by molar-refractivity contribution is 5.98. The first-order chi connectivity index (χ1) is 10.2. The van der Waals surface area contributed by atoms with Crippen LogP contribution in [0.15, 0.2) is 0 Å². The van der Waals surface area contributed by atoms with Gasteiger partial charge in [-0.05, 0) is 63.2 Å². The van der Waals surface area contributed by atoms with Crippen molar-refractivity contribution in [3.05, 3.63) is 0 Å². The third-order valence-corrected chi connectivity index (χ3v) is 6.82. The lowest BCUT2D eigenvalue weighted by Gasteiger charge is -2.46. The number of esters is 1. The summed E-state index contributed by atoms with van der Waals surface area (Å²) >= 11 is 0. The molecule has 22 heavy (non-hydrogen) atoms. The molecular formula is C18H28O4. The zero-order valence-corrected chi connectivity index (χ0v) is 14.1. The predicted molar refractivity (Wildman–Crippen MR) is 82.1 cm³/mol. The van der Waals surface area contributed by atoms with Crippen LogP contribution in [0.5, 0.6) is 0 Å². The fourth-order valence-electron chi connectivity index (χ4n) is 5.42. The van der Waals surface area contributed by atoms with Gasteiger partial charge < -0.3 is 9.84 Å². The van der Waals surface area contributed by atoms with E-state index in [2.05, 4.69) is 13.8 Å². The molecule has 124 valence electrons. The van der Waals surface area contributed by atoms with E-state index in [1.54, 1.807) is 0 Å². The van der Waals surface area contributed by atoms with Crippen molar-refractivity contribution >= 4 is 11.9 Å². The molecule has 0 aromatic heterocycles. The van der Waals surface area contributed by atoms with Crippen LogP contribution in [0, 0.1) is 35.0 Å². The van der Waals surface area contributed by atoms with Gasteiger partial charge in [-0.25, -0.2) is 0 Å². The van der Waals surface area contributed by atoms with Crippen LogP contribution in [0.3, 0.4) is 0 Å². The van der Waals surface area contributed by atoms with Gasteiger partial charge in [-0.3, -0.25) is 9.59 Å². The highest BCUT2D eigenvalue weighted by Gasteiger charge is 2.64. The zero-order chi connectivity index (χ0) is 16.3. The molecule has 0 saturated heterocycles. The minimum Gasteiger partial charge on any atom is -0.480 e. The average molecular weight is 308 g/mol. The molecule has 3 aliphatic rings. The minimum absolute atomic E-state index is 0.234. The first kappa shape index (κ1) is 15.8. The molecule has 3 fully saturated rings. The Morgan fingerprint density at radius 1 is 1.23 bits per heavy atom. The van der Waals surface area contributed by atoms with E-state index in [0.29, 0.717) is 17.8 Å². The van der Waals surface area contributed by atoms with Crippen LogP contribution < -0.4 is 0 Å². The third kappa shape index (κ3) is 2.02. The van der Waals surface area contributed by atoms with Gasteiger partial charge in [0.25, 0.3) is 0 Å². The fraction of sp³-hybridized carbons (Fsp3) is 0.889. The van der Waals surface area contributed by atoms with Gasteiger partial charge in [0.1, 0.15) is 5.60 Å². The number of hydrogen-bond donors (Lipinski definition) is 1. The van der Waals surface area contributed by atoms with E-state index < -0.39 is 23.0 Å². The predicted octanol–water partition coefficient (Wildman–Crippen LogP) is 3.49. The first-order valence-electron chi connectivity index (χ1n) is 8.67. The number of rotatable bonds is 4. The van der Waals surface area contributed by atoms with Gasteiger partial charge in [0.15, 0.2) is 5.41 Å². The van der Waals surface area contributed by atoms with Crippen LogP contribution >= 0.6 is 0 Å². The molecule has 0 radical (unpaired) electrons. The molecule has 0 aliphatic heterocycles. The maximum atomic E-state index is 12.5. The first-order valence-corrected chi connectivity index (χ1v) is 8.67. The lowest BCUT2D eigenvalue weighted by molar-refractivity contribution is -0.192. The van der Waals surface area contributed by atoms with E-state index in [4.69, 9.17) is 4.74 Å². The summed E-state index contributed by atoms with van der Waals surface area (Å²) in [6.07, 6.45) is 5.96. The zero-order valence-electron chi connectivity index (χ0n) is 14.1. The summed E-state index contributed by atoms with van der Waals surface area (Å²) < 4.78 is 6.01. The summed E-state index contributed by atoms with van der Waals surface area (Å²) in [7, 11) is 0. The number of hydrogen-bond acceptors (Lipinski definition) is 3. The second-order valence-electron chi connectivity index (χ2n) is 8.49. The Kier molecular flexibility index (Phi) is 3.57. The molecule has 3 rings (SSSR count). The fourth-order valence-corrected chi connectivity index (χ4v) is 5.42. The van der Waals surface area contributed by atoms with E-state index in [0.717, 1.165) is 18.8 Å². The quantitative estimate of drug-likeness (QED) is 0.638. The van der Waals surface area contributed by atoms with E-state index in [1.165, 1.54) is 33.1 Å². The monoisotopic (exact) mass is 308 g/mol. The van der Waals surface area contributed by atoms with Gasteiger partial charge in [-0.1, -0.05) is 20.3 Å². The number of carbonyl (C=O) groups excluding carboxylic acids is 1. The smallest absolute Gasteiger partial charge is 0.323 e. The summed E-state index contributed by atoms with van der Waals surface area (Å²) in [4.78, 5) is 23.9. The molecule has 0 heterocycles. The molecule has 3 aliphatic carbocycles. The van der Waals surface area contributed by atoms with Gasteiger partial charge in [0.05, 0.1) is 0 Å². The van der Waals surface area contributed by atoms with Crippen molar-refractivity contribution in [3.8, 4) is 0 Å². The summed E-state index contributed by atoms with van der Waals surface area (Å²) in [6.45, 7) is 7.12.